The van der Waals surface area contributed by atoms with E-state index in [1.54, 1.807) is 24.3 Å². The van der Waals surface area contributed by atoms with Crippen LogP contribution in [0.1, 0.15) is 21.5 Å². The van der Waals surface area contributed by atoms with Crippen LogP contribution in [0.2, 0.25) is 0 Å². The minimum atomic E-state index is -0.238. The standard InChI is InChI=1S/C22H17IN2O3/c1-12-8-18-20(9-13(12)2)28-22(25-18)17-7-6-16(11-19(17)26)24-21(27)14-4-3-5-15(23)10-14/h3-11,26H,1-2H3,(H,24,27). The summed E-state index contributed by atoms with van der Waals surface area (Å²) in [5.74, 6) is 0.0897. The number of hydrogen-bond acceptors (Lipinski definition) is 4. The molecule has 0 radical (unpaired) electrons. The molecule has 0 aliphatic carbocycles. The molecule has 0 fully saturated rings. The summed E-state index contributed by atoms with van der Waals surface area (Å²) in [5, 5.41) is 13.2. The molecule has 2 N–H and O–H groups in total. The van der Waals surface area contributed by atoms with E-state index in [1.807, 2.05) is 38.1 Å². The van der Waals surface area contributed by atoms with Crippen LogP contribution in [0, 0.1) is 17.4 Å². The number of benzene rings is 3. The minimum absolute atomic E-state index is 0.0135. The van der Waals surface area contributed by atoms with Gasteiger partial charge in [-0.1, -0.05) is 6.07 Å². The molecule has 1 heterocycles. The number of nitrogens with one attached hydrogen (secondary N) is 1. The van der Waals surface area contributed by atoms with Crippen LogP contribution < -0.4 is 5.32 Å². The summed E-state index contributed by atoms with van der Waals surface area (Å²) in [6.45, 7) is 4.03. The quantitative estimate of drug-likeness (QED) is 0.368. The summed E-state index contributed by atoms with van der Waals surface area (Å²) in [6, 6.07) is 16.1. The van der Waals surface area contributed by atoms with Crippen LogP contribution in [0.5, 0.6) is 5.75 Å². The van der Waals surface area contributed by atoms with Crippen molar-refractivity contribution in [2.75, 3.05) is 5.32 Å². The Kier molecular flexibility index (Phi) is 4.80. The Morgan fingerprint density at radius 1 is 1.07 bits per heavy atom. The Morgan fingerprint density at radius 2 is 1.86 bits per heavy atom. The maximum absolute atomic E-state index is 12.4. The van der Waals surface area contributed by atoms with Gasteiger partial charge < -0.3 is 14.8 Å². The van der Waals surface area contributed by atoms with Crippen LogP contribution >= 0.6 is 22.6 Å². The third-order valence-electron chi connectivity index (χ3n) is 4.58. The first kappa shape index (κ1) is 18.5. The molecule has 1 amide bonds. The van der Waals surface area contributed by atoms with Crippen molar-refractivity contribution < 1.29 is 14.3 Å². The average molecular weight is 484 g/mol. The first-order valence-electron chi connectivity index (χ1n) is 8.69. The predicted octanol–water partition coefficient (Wildman–Crippen LogP) is 5.67. The lowest BCUT2D eigenvalue weighted by molar-refractivity contribution is 0.102. The second kappa shape index (κ2) is 7.27. The predicted molar refractivity (Wildman–Crippen MR) is 118 cm³/mol. The molecule has 0 aliphatic heterocycles. The van der Waals surface area contributed by atoms with Gasteiger partial charge in [-0.05, 0) is 90.0 Å². The molecule has 5 nitrogen and oxygen atoms in total. The Labute approximate surface area is 175 Å². The summed E-state index contributed by atoms with van der Waals surface area (Å²) in [7, 11) is 0. The molecule has 3 aromatic carbocycles. The van der Waals surface area contributed by atoms with Crippen molar-refractivity contribution in [3.05, 3.63) is 74.9 Å². The number of amides is 1. The molecule has 6 heteroatoms. The zero-order chi connectivity index (χ0) is 19.8. The highest BCUT2D eigenvalue weighted by Gasteiger charge is 2.15. The largest absolute Gasteiger partial charge is 0.507 e. The van der Waals surface area contributed by atoms with Crippen LogP contribution in [0.15, 0.2) is 59.0 Å². The topological polar surface area (TPSA) is 75.4 Å². The molecule has 1 aromatic heterocycles. The Bertz CT molecular complexity index is 1170. The summed E-state index contributed by atoms with van der Waals surface area (Å²) >= 11 is 2.16. The number of carbonyl (C=O) groups is 1. The minimum Gasteiger partial charge on any atom is -0.507 e. The van der Waals surface area contributed by atoms with E-state index in [2.05, 4.69) is 32.9 Å². The highest BCUT2D eigenvalue weighted by molar-refractivity contribution is 14.1. The number of aromatic hydroxyl groups is 1. The van der Waals surface area contributed by atoms with Crippen LogP contribution in [0.25, 0.3) is 22.6 Å². The van der Waals surface area contributed by atoms with Crippen molar-refractivity contribution >= 4 is 45.3 Å². The third kappa shape index (κ3) is 3.60. The number of halogens is 1. The van der Waals surface area contributed by atoms with Gasteiger partial charge in [0.05, 0.1) is 5.56 Å². The van der Waals surface area contributed by atoms with Gasteiger partial charge in [0.15, 0.2) is 5.58 Å². The number of anilines is 1. The molecule has 4 rings (SSSR count). The molecular weight excluding hydrogens is 467 g/mol. The van der Waals surface area contributed by atoms with Gasteiger partial charge in [0, 0.05) is 20.9 Å². The van der Waals surface area contributed by atoms with Gasteiger partial charge in [0.1, 0.15) is 11.3 Å². The molecule has 0 bridgehead atoms. The van der Waals surface area contributed by atoms with Gasteiger partial charge in [-0.2, -0.15) is 0 Å². The SMILES string of the molecule is Cc1cc2nc(-c3ccc(NC(=O)c4cccc(I)c4)cc3O)oc2cc1C. The lowest BCUT2D eigenvalue weighted by atomic mass is 10.1. The highest BCUT2D eigenvalue weighted by atomic mass is 127. The lowest BCUT2D eigenvalue weighted by Crippen LogP contribution is -2.11. The number of aryl methyl sites for hydroxylation is 2. The fraction of sp³-hybridized carbons (Fsp3) is 0.0909. The summed E-state index contributed by atoms with van der Waals surface area (Å²) in [5.41, 5.74) is 5.19. The normalized spacial score (nSPS) is 11.0. The van der Waals surface area contributed by atoms with E-state index in [0.717, 1.165) is 20.2 Å². The van der Waals surface area contributed by atoms with E-state index < -0.39 is 0 Å². The molecule has 28 heavy (non-hydrogen) atoms. The second-order valence-electron chi connectivity index (χ2n) is 6.62. The van der Waals surface area contributed by atoms with Gasteiger partial charge in [-0.3, -0.25) is 4.79 Å². The van der Waals surface area contributed by atoms with E-state index in [1.165, 1.54) is 6.07 Å². The molecular formula is C22H17IN2O3. The first-order chi connectivity index (χ1) is 13.4. The van der Waals surface area contributed by atoms with Crippen molar-refractivity contribution in [3.63, 3.8) is 0 Å². The smallest absolute Gasteiger partial charge is 0.255 e. The zero-order valence-electron chi connectivity index (χ0n) is 15.3. The molecule has 0 saturated heterocycles. The number of phenols is 1. The Balaban J connectivity index is 1.62. The zero-order valence-corrected chi connectivity index (χ0v) is 17.4. The van der Waals surface area contributed by atoms with Crippen molar-refractivity contribution in [1.82, 2.24) is 4.98 Å². The van der Waals surface area contributed by atoms with Gasteiger partial charge in [-0.25, -0.2) is 4.98 Å². The van der Waals surface area contributed by atoms with E-state index >= 15 is 0 Å². The molecule has 0 saturated carbocycles. The fourth-order valence-corrected chi connectivity index (χ4v) is 3.46. The van der Waals surface area contributed by atoms with Gasteiger partial charge >= 0.3 is 0 Å². The van der Waals surface area contributed by atoms with E-state index in [0.29, 0.717) is 28.3 Å². The maximum Gasteiger partial charge on any atom is 0.255 e. The van der Waals surface area contributed by atoms with Crippen LogP contribution in [-0.4, -0.2) is 16.0 Å². The van der Waals surface area contributed by atoms with E-state index in [9.17, 15) is 9.90 Å². The summed E-state index contributed by atoms with van der Waals surface area (Å²) in [4.78, 5) is 16.9. The number of rotatable bonds is 3. The number of hydrogen-bond donors (Lipinski definition) is 2. The monoisotopic (exact) mass is 484 g/mol. The fourth-order valence-electron chi connectivity index (χ4n) is 2.92. The first-order valence-corrected chi connectivity index (χ1v) is 9.77. The summed E-state index contributed by atoms with van der Waals surface area (Å²) < 4.78 is 6.79. The second-order valence-corrected chi connectivity index (χ2v) is 7.87. The van der Waals surface area contributed by atoms with Gasteiger partial charge in [0.25, 0.3) is 5.91 Å². The number of nitrogens with zero attached hydrogens (tertiary/aromatic N) is 1. The van der Waals surface area contributed by atoms with E-state index in [-0.39, 0.29) is 11.7 Å². The number of oxazole rings is 1. The molecule has 0 spiro atoms. The molecule has 0 unspecified atom stereocenters. The van der Waals surface area contributed by atoms with Crippen molar-refractivity contribution in [2.24, 2.45) is 0 Å². The number of carbonyl (C=O) groups excluding carboxylic acids is 1. The average Bonchev–Trinajstić information content (AvgIpc) is 3.04. The van der Waals surface area contributed by atoms with Crippen LogP contribution in [0.4, 0.5) is 5.69 Å². The molecule has 0 atom stereocenters. The molecule has 4 aromatic rings. The Hall–Kier alpha value is -2.87. The van der Waals surface area contributed by atoms with Crippen LogP contribution in [0.3, 0.4) is 0 Å². The van der Waals surface area contributed by atoms with Gasteiger partial charge in [0.2, 0.25) is 5.89 Å². The van der Waals surface area contributed by atoms with Crippen molar-refractivity contribution in [3.8, 4) is 17.2 Å². The van der Waals surface area contributed by atoms with Gasteiger partial charge in [-0.15, -0.1) is 0 Å². The van der Waals surface area contributed by atoms with E-state index in [4.69, 9.17) is 4.42 Å². The van der Waals surface area contributed by atoms with Crippen LogP contribution in [-0.2, 0) is 0 Å². The van der Waals surface area contributed by atoms with Crippen molar-refractivity contribution in [2.45, 2.75) is 13.8 Å². The Morgan fingerprint density at radius 3 is 2.61 bits per heavy atom. The van der Waals surface area contributed by atoms with Crippen molar-refractivity contribution in [1.29, 1.82) is 0 Å². The highest BCUT2D eigenvalue weighted by Crippen LogP contribution is 2.33. The number of fused-ring (bicyclic) bond motifs is 1. The molecule has 140 valence electrons. The number of aromatic nitrogens is 1. The molecule has 0 aliphatic rings. The third-order valence-corrected chi connectivity index (χ3v) is 5.25. The lowest BCUT2D eigenvalue weighted by Gasteiger charge is -2.08. The summed E-state index contributed by atoms with van der Waals surface area (Å²) in [6.07, 6.45) is 0. The number of phenolic OH excluding ortho intramolecular Hbond substituents is 1. The maximum atomic E-state index is 12.4.